The SMILES string of the molecule is CCOC(=O)c1c(/N=C/c2cc(I)cc(C)c2O)sc2c1CCCC2. The summed E-state index contributed by atoms with van der Waals surface area (Å²) >= 11 is 3.78. The van der Waals surface area contributed by atoms with Gasteiger partial charge in [0.1, 0.15) is 10.8 Å². The lowest BCUT2D eigenvalue weighted by atomic mass is 9.95. The van der Waals surface area contributed by atoms with Gasteiger partial charge in [-0.15, -0.1) is 11.3 Å². The minimum atomic E-state index is -0.294. The van der Waals surface area contributed by atoms with Crippen LogP contribution in [-0.2, 0) is 17.6 Å². The molecule has 0 atom stereocenters. The Kier molecular flexibility index (Phi) is 5.78. The van der Waals surface area contributed by atoms with Crippen LogP contribution in [0.4, 0.5) is 5.00 Å². The predicted octanol–water partition coefficient (Wildman–Crippen LogP) is 5.17. The monoisotopic (exact) mass is 469 g/mol. The molecule has 0 radical (unpaired) electrons. The van der Waals surface area contributed by atoms with Crippen LogP contribution in [-0.4, -0.2) is 23.9 Å². The van der Waals surface area contributed by atoms with Crippen LogP contribution in [0.3, 0.4) is 0 Å². The Morgan fingerprint density at radius 3 is 2.92 bits per heavy atom. The normalized spacial score (nSPS) is 13.9. The maximum absolute atomic E-state index is 12.4. The quantitative estimate of drug-likeness (QED) is 0.382. The van der Waals surface area contributed by atoms with Gasteiger partial charge in [-0.3, -0.25) is 0 Å². The fourth-order valence-electron chi connectivity index (χ4n) is 3.04. The van der Waals surface area contributed by atoms with Crippen molar-refractivity contribution in [2.24, 2.45) is 4.99 Å². The van der Waals surface area contributed by atoms with E-state index in [9.17, 15) is 9.90 Å². The van der Waals surface area contributed by atoms with Crippen LogP contribution in [0.25, 0.3) is 0 Å². The van der Waals surface area contributed by atoms with Crippen LogP contribution < -0.4 is 0 Å². The average Bonchev–Trinajstić information content (AvgIpc) is 2.95. The lowest BCUT2D eigenvalue weighted by Gasteiger charge is -2.11. The molecule has 1 aliphatic rings. The lowest BCUT2D eigenvalue weighted by Crippen LogP contribution is -2.09. The summed E-state index contributed by atoms with van der Waals surface area (Å²) in [5.41, 5.74) is 3.18. The molecule has 0 amide bonds. The third kappa shape index (κ3) is 3.89. The molecule has 132 valence electrons. The number of hydrogen-bond acceptors (Lipinski definition) is 5. The van der Waals surface area contributed by atoms with Gasteiger partial charge in [-0.05, 0) is 85.4 Å². The number of rotatable bonds is 4. The topological polar surface area (TPSA) is 58.9 Å². The second-order valence-corrected chi connectivity index (χ2v) is 8.36. The van der Waals surface area contributed by atoms with E-state index in [1.54, 1.807) is 17.6 Å². The molecular weight excluding hydrogens is 449 g/mol. The highest BCUT2D eigenvalue weighted by molar-refractivity contribution is 14.1. The summed E-state index contributed by atoms with van der Waals surface area (Å²) in [4.78, 5) is 18.2. The van der Waals surface area contributed by atoms with Gasteiger partial charge in [-0.25, -0.2) is 9.79 Å². The molecule has 1 N–H and O–H groups in total. The van der Waals surface area contributed by atoms with E-state index >= 15 is 0 Å². The van der Waals surface area contributed by atoms with E-state index < -0.39 is 0 Å². The molecule has 1 aliphatic carbocycles. The first-order valence-corrected chi connectivity index (χ1v) is 10.3. The highest BCUT2D eigenvalue weighted by Gasteiger charge is 2.26. The number of carbonyl (C=O) groups is 1. The lowest BCUT2D eigenvalue weighted by molar-refractivity contribution is 0.0526. The number of phenolic OH excluding ortho intramolecular Hbond substituents is 1. The zero-order valence-corrected chi connectivity index (χ0v) is 17.2. The zero-order valence-electron chi connectivity index (χ0n) is 14.3. The van der Waals surface area contributed by atoms with Gasteiger partial charge in [0.05, 0.1) is 12.2 Å². The second-order valence-electron chi connectivity index (χ2n) is 6.03. The summed E-state index contributed by atoms with van der Waals surface area (Å²) < 4.78 is 6.28. The smallest absolute Gasteiger partial charge is 0.341 e. The van der Waals surface area contributed by atoms with Gasteiger partial charge in [-0.2, -0.15) is 0 Å². The van der Waals surface area contributed by atoms with Crippen molar-refractivity contribution in [1.82, 2.24) is 0 Å². The van der Waals surface area contributed by atoms with Crippen molar-refractivity contribution in [1.29, 1.82) is 0 Å². The Labute approximate surface area is 165 Å². The van der Waals surface area contributed by atoms with Crippen LogP contribution in [0.1, 0.15) is 51.7 Å². The number of hydrogen-bond donors (Lipinski definition) is 1. The summed E-state index contributed by atoms with van der Waals surface area (Å²) in [5, 5.41) is 10.9. The largest absolute Gasteiger partial charge is 0.507 e. The van der Waals surface area contributed by atoms with Crippen molar-refractivity contribution >= 4 is 51.1 Å². The van der Waals surface area contributed by atoms with E-state index in [1.165, 1.54) is 4.88 Å². The molecule has 0 spiro atoms. The van der Waals surface area contributed by atoms with Gasteiger partial charge < -0.3 is 9.84 Å². The van der Waals surface area contributed by atoms with Crippen LogP contribution in [0, 0.1) is 10.5 Å². The highest BCUT2D eigenvalue weighted by atomic mass is 127. The molecule has 1 heterocycles. The van der Waals surface area contributed by atoms with E-state index in [4.69, 9.17) is 4.74 Å². The molecule has 2 aromatic rings. The Hall–Kier alpha value is -1.41. The fourth-order valence-corrected chi connectivity index (χ4v) is 5.07. The maximum Gasteiger partial charge on any atom is 0.341 e. The standard InChI is InChI=1S/C19H20INO3S/c1-3-24-19(23)16-14-6-4-5-7-15(14)25-18(16)21-10-12-9-13(20)8-11(2)17(12)22/h8-10,22H,3-7H2,1-2H3/b21-10+. The molecule has 25 heavy (non-hydrogen) atoms. The van der Waals surface area contributed by atoms with Gasteiger partial charge in [0.15, 0.2) is 0 Å². The number of ether oxygens (including phenoxy) is 1. The minimum absolute atomic E-state index is 0.225. The molecule has 0 bridgehead atoms. The molecule has 3 rings (SSSR count). The number of thiophene rings is 1. The number of phenols is 1. The van der Waals surface area contributed by atoms with Crippen molar-refractivity contribution < 1.29 is 14.6 Å². The predicted molar refractivity (Wildman–Crippen MR) is 110 cm³/mol. The molecule has 4 nitrogen and oxygen atoms in total. The Morgan fingerprint density at radius 2 is 2.16 bits per heavy atom. The number of nitrogens with zero attached hydrogens (tertiary/aromatic N) is 1. The van der Waals surface area contributed by atoms with Gasteiger partial charge >= 0.3 is 5.97 Å². The summed E-state index contributed by atoms with van der Waals surface area (Å²) in [6.07, 6.45) is 5.79. The number of esters is 1. The van der Waals surface area contributed by atoms with Gasteiger partial charge in [0.25, 0.3) is 0 Å². The van der Waals surface area contributed by atoms with Crippen molar-refractivity contribution in [3.8, 4) is 5.75 Å². The Morgan fingerprint density at radius 1 is 1.40 bits per heavy atom. The van der Waals surface area contributed by atoms with E-state index in [0.717, 1.165) is 40.4 Å². The second kappa shape index (κ2) is 7.86. The number of aryl methyl sites for hydroxylation is 2. The average molecular weight is 469 g/mol. The highest BCUT2D eigenvalue weighted by Crippen LogP contribution is 2.40. The molecule has 0 fully saturated rings. The number of benzene rings is 1. The third-order valence-corrected chi connectivity index (χ3v) is 6.07. The maximum atomic E-state index is 12.4. The minimum Gasteiger partial charge on any atom is -0.507 e. The van der Waals surface area contributed by atoms with Crippen molar-refractivity contribution in [2.45, 2.75) is 39.5 Å². The zero-order chi connectivity index (χ0) is 18.0. The first-order chi connectivity index (χ1) is 12.0. The van der Waals surface area contributed by atoms with Gasteiger partial charge in [0.2, 0.25) is 0 Å². The number of aliphatic imine (C=N–C) groups is 1. The number of halogens is 1. The summed E-state index contributed by atoms with van der Waals surface area (Å²) in [5.74, 6) is -0.0692. The fraction of sp³-hybridized carbons (Fsp3) is 0.368. The number of fused-ring (bicyclic) bond motifs is 1. The van der Waals surface area contributed by atoms with Crippen molar-refractivity contribution in [2.75, 3.05) is 6.61 Å². The molecular formula is C19H20INO3S. The van der Waals surface area contributed by atoms with E-state index in [-0.39, 0.29) is 11.7 Å². The van der Waals surface area contributed by atoms with Crippen LogP contribution in [0.5, 0.6) is 5.75 Å². The number of carbonyl (C=O) groups excluding carboxylic acids is 1. The first-order valence-electron chi connectivity index (χ1n) is 8.36. The molecule has 1 aromatic heterocycles. The van der Waals surface area contributed by atoms with Gasteiger partial charge in [-0.1, -0.05) is 0 Å². The summed E-state index contributed by atoms with van der Waals surface area (Å²) in [6, 6.07) is 3.80. The van der Waals surface area contributed by atoms with Crippen LogP contribution in [0.15, 0.2) is 17.1 Å². The molecule has 0 unspecified atom stereocenters. The molecule has 0 saturated carbocycles. The third-order valence-electron chi connectivity index (χ3n) is 4.25. The molecule has 6 heteroatoms. The molecule has 0 aliphatic heterocycles. The summed E-state index contributed by atoms with van der Waals surface area (Å²) in [6.45, 7) is 4.03. The van der Waals surface area contributed by atoms with E-state index in [2.05, 4.69) is 27.6 Å². The van der Waals surface area contributed by atoms with Crippen molar-refractivity contribution in [3.05, 3.63) is 42.8 Å². The Bertz CT molecular complexity index is 842. The van der Waals surface area contributed by atoms with Crippen LogP contribution in [0.2, 0.25) is 0 Å². The Balaban J connectivity index is 2.02. The molecule has 1 aromatic carbocycles. The summed E-state index contributed by atoms with van der Waals surface area (Å²) in [7, 11) is 0. The molecule has 0 saturated heterocycles. The van der Waals surface area contributed by atoms with Crippen molar-refractivity contribution in [3.63, 3.8) is 0 Å². The van der Waals surface area contributed by atoms with E-state index in [0.29, 0.717) is 22.7 Å². The number of aromatic hydroxyl groups is 1. The van der Waals surface area contributed by atoms with Crippen LogP contribution >= 0.6 is 33.9 Å². The van der Waals surface area contributed by atoms with E-state index in [1.807, 2.05) is 26.0 Å². The van der Waals surface area contributed by atoms with Gasteiger partial charge in [0, 0.05) is 20.2 Å². The first kappa shape index (κ1) is 18.4.